The first-order chi connectivity index (χ1) is 8.49. The van der Waals surface area contributed by atoms with Gasteiger partial charge in [0.05, 0.1) is 16.1 Å². The van der Waals surface area contributed by atoms with Crippen molar-refractivity contribution in [1.82, 2.24) is 4.90 Å². The second-order valence-corrected chi connectivity index (χ2v) is 5.55. The van der Waals surface area contributed by atoms with E-state index in [0.29, 0.717) is 22.6 Å². The van der Waals surface area contributed by atoms with Crippen LogP contribution >= 0.6 is 23.2 Å². The maximum absolute atomic E-state index is 12.0. The Morgan fingerprint density at radius 1 is 1.44 bits per heavy atom. The van der Waals surface area contributed by atoms with Crippen molar-refractivity contribution in [2.75, 3.05) is 0 Å². The molecular weight excluding hydrogens is 271 g/mol. The second kappa shape index (κ2) is 5.47. The van der Waals surface area contributed by atoms with Crippen molar-refractivity contribution >= 4 is 29.1 Å². The van der Waals surface area contributed by atoms with E-state index >= 15 is 0 Å². The van der Waals surface area contributed by atoms with E-state index < -0.39 is 6.04 Å². The molecule has 2 N–H and O–H groups in total. The molecule has 0 aliphatic heterocycles. The molecular formula is C13H16Cl2N2O. The molecule has 1 aromatic rings. The molecule has 0 spiro atoms. The monoisotopic (exact) mass is 286 g/mol. The summed E-state index contributed by atoms with van der Waals surface area (Å²) in [5.41, 5.74) is 6.65. The minimum Gasteiger partial charge on any atom is -0.334 e. The van der Waals surface area contributed by atoms with Gasteiger partial charge in [0.1, 0.15) is 0 Å². The summed E-state index contributed by atoms with van der Waals surface area (Å²) in [4.78, 5) is 13.9. The lowest BCUT2D eigenvalue weighted by Crippen LogP contribution is -2.42. The largest absolute Gasteiger partial charge is 0.334 e. The van der Waals surface area contributed by atoms with Crippen LogP contribution in [0.5, 0.6) is 0 Å². The van der Waals surface area contributed by atoms with Crippen LogP contribution < -0.4 is 5.73 Å². The topological polar surface area (TPSA) is 46.3 Å². The van der Waals surface area contributed by atoms with E-state index in [1.165, 1.54) is 0 Å². The highest BCUT2D eigenvalue weighted by molar-refractivity contribution is 6.42. The van der Waals surface area contributed by atoms with E-state index in [2.05, 4.69) is 0 Å². The Balaban J connectivity index is 2.13. The summed E-state index contributed by atoms with van der Waals surface area (Å²) in [5.74, 6) is -0.0106. The van der Waals surface area contributed by atoms with Gasteiger partial charge < -0.3 is 10.6 Å². The summed E-state index contributed by atoms with van der Waals surface area (Å²) in [7, 11) is 0. The van der Waals surface area contributed by atoms with Crippen LogP contribution in [-0.2, 0) is 11.3 Å². The molecule has 18 heavy (non-hydrogen) atoms. The summed E-state index contributed by atoms with van der Waals surface area (Å²) >= 11 is 11.8. The van der Waals surface area contributed by atoms with Gasteiger partial charge in [-0.05, 0) is 37.5 Å². The van der Waals surface area contributed by atoms with Gasteiger partial charge in [-0.2, -0.15) is 0 Å². The molecule has 0 bridgehead atoms. The molecule has 98 valence electrons. The molecule has 0 aromatic heterocycles. The first-order valence-electron chi connectivity index (χ1n) is 5.99. The lowest BCUT2D eigenvalue weighted by Gasteiger charge is -2.24. The Bertz CT molecular complexity index is 458. The van der Waals surface area contributed by atoms with Crippen molar-refractivity contribution in [2.24, 2.45) is 5.73 Å². The number of hydrogen-bond donors (Lipinski definition) is 1. The Labute approximate surface area is 117 Å². The predicted octanol–water partition coefficient (Wildman–Crippen LogP) is 2.83. The molecule has 1 atom stereocenters. The Morgan fingerprint density at radius 2 is 2.11 bits per heavy atom. The fourth-order valence-electron chi connectivity index (χ4n) is 1.87. The molecule has 0 saturated heterocycles. The van der Waals surface area contributed by atoms with Gasteiger partial charge in [0.2, 0.25) is 5.91 Å². The van der Waals surface area contributed by atoms with Crippen molar-refractivity contribution in [3.63, 3.8) is 0 Å². The number of hydrogen-bond acceptors (Lipinski definition) is 2. The highest BCUT2D eigenvalue weighted by Crippen LogP contribution is 2.30. The molecule has 1 fully saturated rings. The number of benzene rings is 1. The lowest BCUT2D eigenvalue weighted by atomic mass is 10.2. The van der Waals surface area contributed by atoms with E-state index in [1.54, 1.807) is 19.1 Å². The van der Waals surface area contributed by atoms with Gasteiger partial charge in [-0.25, -0.2) is 0 Å². The SMILES string of the molecule is CC(N)C(=O)N(Cc1ccc(Cl)c(Cl)c1)C1CC1. The standard InChI is InChI=1S/C13H16Cl2N2O/c1-8(16)13(18)17(10-3-4-10)7-9-2-5-11(14)12(15)6-9/h2,5-6,8,10H,3-4,7,16H2,1H3. The summed E-state index contributed by atoms with van der Waals surface area (Å²) in [6, 6.07) is 5.30. The quantitative estimate of drug-likeness (QED) is 0.925. The second-order valence-electron chi connectivity index (χ2n) is 4.73. The number of nitrogens with two attached hydrogens (primary N) is 1. The third kappa shape index (κ3) is 3.16. The van der Waals surface area contributed by atoms with Crippen molar-refractivity contribution in [2.45, 2.75) is 38.4 Å². The number of rotatable bonds is 4. The van der Waals surface area contributed by atoms with Gasteiger partial charge in [-0.15, -0.1) is 0 Å². The van der Waals surface area contributed by atoms with Crippen LogP contribution in [0.25, 0.3) is 0 Å². The van der Waals surface area contributed by atoms with Crippen molar-refractivity contribution < 1.29 is 4.79 Å². The van der Waals surface area contributed by atoms with Gasteiger partial charge in [0, 0.05) is 12.6 Å². The van der Waals surface area contributed by atoms with E-state index in [-0.39, 0.29) is 5.91 Å². The predicted molar refractivity (Wildman–Crippen MR) is 73.7 cm³/mol. The molecule has 0 heterocycles. The van der Waals surface area contributed by atoms with Gasteiger partial charge in [0.15, 0.2) is 0 Å². The first-order valence-corrected chi connectivity index (χ1v) is 6.74. The Kier molecular flexibility index (Phi) is 4.15. The lowest BCUT2D eigenvalue weighted by molar-refractivity contribution is -0.133. The number of halogens is 2. The molecule has 1 saturated carbocycles. The number of amides is 1. The first kappa shape index (κ1) is 13.7. The zero-order valence-corrected chi connectivity index (χ0v) is 11.7. The summed E-state index contributed by atoms with van der Waals surface area (Å²) < 4.78 is 0. The minimum atomic E-state index is -0.464. The van der Waals surface area contributed by atoms with Crippen molar-refractivity contribution in [3.8, 4) is 0 Å². The Morgan fingerprint density at radius 3 is 2.61 bits per heavy atom. The summed E-state index contributed by atoms with van der Waals surface area (Å²) in [6.45, 7) is 2.26. The van der Waals surface area contributed by atoms with Crippen molar-refractivity contribution in [3.05, 3.63) is 33.8 Å². The zero-order chi connectivity index (χ0) is 13.3. The molecule has 1 amide bonds. The van der Waals surface area contributed by atoms with Crippen molar-refractivity contribution in [1.29, 1.82) is 0 Å². The van der Waals surface area contributed by atoms with E-state index in [9.17, 15) is 4.79 Å². The molecule has 1 aromatic carbocycles. The number of nitrogens with zero attached hydrogens (tertiary/aromatic N) is 1. The highest BCUT2D eigenvalue weighted by Gasteiger charge is 2.33. The zero-order valence-electron chi connectivity index (χ0n) is 10.2. The minimum absolute atomic E-state index is 0.0106. The molecule has 2 rings (SSSR count). The fourth-order valence-corrected chi connectivity index (χ4v) is 2.19. The average Bonchev–Trinajstić information content (AvgIpc) is 3.13. The normalized spacial score (nSPS) is 16.4. The molecule has 1 aliphatic rings. The van der Waals surface area contributed by atoms with E-state index in [0.717, 1.165) is 18.4 Å². The summed E-state index contributed by atoms with van der Waals surface area (Å²) in [5, 5.41) is 1.04. The van der Waals surface area contributed by atoms with E-state index in [4.69, 9.17) is 28.9 Å². The van der Waals surface area contributed by atoms with Gasteiger partial charge in [0.25, 0.3) is 0 Å². The third-order valence-corrected chi connectivity index (χ3v) is 3.74. The van der Waals surface area contributed by atoms with Crippen LogP contribution in [0.2, 0.25) is 10.0 Å². The van der Waals surface area contributed by atoms with Gasteiger partial charge in [-0.3, -0.25) is 4.79 Å². The molecule has 1 aliphatic carbocycles. The summed E-state index contributed by atoms with van der Waals surface area (Å²) in [6.07, 6.45) is 2.11. The van der Waals surface area contributed by atoms with Gasteiger partial charge >= 0.3 is 0 Å². The van der Waals surface area contributed by atoms with Crippen LogP contribution in [0.15, 0.2) is 18.2 Å². The molecule has 1 unspecified atom stereocenters. The van der Waals surface area contributed by atoms with Crippen LogP contribution in [0.1, 0.15) is 25.3 Å². The third-order valence-electron chi connectivity index (χ3n) is 3.00. The highest BCUT2D eigenvalue weighted by atomic mass is 35.5. The molecule has 3 nitrogen and oxygen atoms in total. The fraction of sp³-hybridized carbons (Fsp3) is 0.462. The van der Waals surface area contributed by atoms with Crippen LogP contribution in [0.3, 0.4) is 0 Å². The van der Waals surface area contributed by atoms with Gasteiger partial charge in [-0.1, -0.05) is 29.3 Å². The smallest absolute Gasteiger partial charge is 0.239 e. The molecule has 5 heteroatoms. The molecule has 0 radical (unpaired) electrons. The maximum Gasteiger partial charge on any atom is 0.239 e. The van der Waals surface area contributed by atoms with E-state index in [1.807, 2.05) is 11.0 Å². The maximum atomic E-state index is 12.0. The van der Waals surface area contributed by atoms with Crippen LogP contribution in [-0.4, -0.2) is 22.9 Å². The van der Waals surface area contributed by atoms with Crippen LogP contribution in [0.4, 0.5) is 0 Å². The Hall–Kier alpha value is -0.770. The number of carbonyl (C=O) groups excluding carboxylic acids is 1. The number of carbonyl (C=O) groups is 1. The average molecular weight is 287 g/mol. The van der Waals surface area contributed by atoms with Crippen LogP contribution in [0, 0.1) is 0 Å².